The van der Waals surface area contributed by atoms with Gasteiger partial charge in [-0.15, -0.1) is 0 Å². The highest BCUT2D eigenvalue weighted by molar-refractivity contribution is 6.04. The SMILES string of the molecule is CC1C(=O)NC(=O)CN1C(=O)CC1C=CCC1. The van der Waals surface area contributed by atoms with Crippen molar-refractivity contribution >= 4 is 17.7 Å². The Bertz CT molecular complexity index is 389. The van der Waals surface area contributed by atoms with E-state index < -0.39 is 17.9 Å². The van der Waals surface area contributed by atoms with Crippen LogP contribution in [0.5, 0.6) is 0 Å². The van der Waals surface area contributed by atoms with Crippen LogP contribution in [-0.4, -0.2) is 35.2 Å². The van der Waals surface area contributed by atoms with Gasteiger partial charge in [0.05, 0.1) is 0 Å². The predicted octanol–water partition coefficient (Wildman–Crippen LogP) is 0.216. The van der Waals surface area contributed by atoms with Crippen LogP contribution in [0.25, 0.3) is 0 Å². The Morgan fingerprint density at radius 3 is 2.94 bits per heavy atom. The molecule has 0 aromatic rings. The molecular formula is C12H16N2O3. The Labute approximate surface area is 99.8 Å². The van der Waals surface area contributed by atoms with E-state index in [0.29, 0.717) is 6.42 Å². The van der Waals surface area contributed by atoms with Crippen molar-refractivity contribution in [1.82, 2.24) is 10.2 Å². The van der Waals surface area contributed by atoms with Gasteiger partial charge in [0.2, 0.25) is 17.7 Å². The maximum atomic E-state index is 12.0. The van der Waals surface area contributed by atoms with E-state index in [2.05, 4.69) is 11.4 Å². The number of carbonyl (C=O) groups excluding carboxylic acids is 3. The van der Waals surface area contributed by atoms with Gasteiger partial charge in [-0.3, -0.25) is 19.7 Å². The Hall–Kier alpha value is -1.65. The largest absolute Gasteiger partial charge is 0.322 e. The molecule has 3 amide bonds. The first kappa shape index (κ1) is 11.8. The van der Waals surface area contributed by atoms with Crippen LogP contribution in [0.2, 0.25) is 0 Å². The second-order valence-corrected chi connectivity index (χ2v) is 4.58. The lowest BCUT2D eigenvalue weighted by atomic mass is 10.0. The fourth-order valence-corrected chi connectivity index (χ4v) is 2.23. The minimum atomic E-state index is -0.550. The summed E-state index contributed by atoms with van der Waals surface area (Å²) < 4.78 is 0. The Kier molecular flexibility index (Phi) is 3.26. The standard InChI is InChI=1S/C12H16N2O3/c1-8-12(17)13-10(15)7-14(8)11(16)6-9-4-2-3-5-9/h2,4,8-9H,3,5-7H2,1H3,(H,13,15,17). The third-order valence-corrected chi connectivity index (χ3v) is 3.29. The van der Waals surface area contributed by atoms with Crippen molar-refractivity contribution in [1.29, 1.82) is 0 Å². The zero-order valence-electron chi connectivity index (χ0n) is 9.81. The van der Waals surface area contributed by atoms with E-state index in [0.717, 1.165) is 12.8 Å². The highest BCUT2D eigenvalue weighted by Crippen LogP contribution is 2.22. The van der Waals surface area contributed by atoms with Crippen LogP contribution in [0, 0.1) is 5.92 Å². The summed E-state index contributed by atoms with van der Waals surface area (Å²) >= 11 is 0. The molecule has 0 radical (unpaired) electrons. The van der Waals surface area contributed by atoms with E-state index in [1.54, 1.807) is 6.92 Å². The molecule has 1 heterocycles. The molecule has 2 atom stereocenters. The highest BCUT2D eigenvalue weighted by Gasteiger charge is 2.33. The van der Waals surface area contributed by atoms with Gasteiger partial charge in [0.15, 0.2) is 0 Å². The van der Waals surface area contributed by atoms with E-state index in [4.69, 9.17) is 0 Å². The number of imide groups is 1. The fourth-order valence-electron chi connectivity index (χ4n) is 2.23. The number of nitrogens with one attached hydrogen (secondary N) is 1. The van der Waals surface area contributed by atoms with Crippen LogP contribution in [0.15, 0.2) is 12.2 Å². The smallest absolute Gasteiger partial charge is 0.249 e. The third-order valence-electron chi connectivity index (χ3n) is 3.29. The second kappa shape index (κ2) is 4.69. The molecule has 0 saturated carbocycles. The van der Waals surface area contributed by atoms with E-state index in [9.17, 15) is 14.4 Å². The number of piperazine rings is 1. The quantitative estimate of drug-likeness (QED) is 0.551. The first-order chi connectivity index (χ1) is 8.08. The van der Waals surface area contributed by atoms with Crippen molar-refractivity contribution in [3.63, 3.8) is 0 Å². The summed E-state index contributed by atoms with van der Waals surface area (Å²) in [4.78, 5) is 36.0. The van der Waals surface area contributed by atoms with Gasteiger partial charge >= 0.3 is 0 Å². The van der Waals surface area contributed by atoms with Gasteiger partial charge in [-0.05, 0) is 25.7 Å². The normalized spacial score (nSPS) is 28.4. The monoisotopic (exact) mass is 236 g/mol. The van der Waals surface area contributed by atoms with Crippen molar-refractivity contribution in [2.24, 2.45) is 5.92 Å². The first-order valence-electron chi connectivity index (χ1n) is 5.87. The van der Waals surface area contributed by atoms with Crippen LogP contribution < -0.4 is 5.32 Å². The fraction of sp³-hybridized carbons (Fsp3) is 0.583. The summed E-state index contributed by atoms with van der Waals surface area (Å²) in [6, 6.07) is -0.550. The number of rotatable bonds is 2. The molecule has 2 unspecified atom stereocenters. The number of nitrogens with zero attached hydrogens (tertiary/aromatic N) is 1. The predicted molar refractivity (Wildman–Crippen MR) is 60.8 cm³/mol. The van der Waals surface area contributed by atoms with Crippen molar-refractivity contribution < 1.29 is 14.4 Å². The Morgan fingerprint density at radius 2 is 2.29 bits per heavy atom. The molecule has 17 heavy (non-hydrogen) atoms. The van der Waals surface area contributed by atoms with Crippen LogP contribution in [0.1, 0.15) is 26.2 Å². The summed E-state index contributed by atoms with van der Waals surface area (Å²) in [5, 5.41) is 2.22. The maximum Gasteiger partial charge on any atom is 0.249 e. The summed E-state index contributed by atoms with van der Waals surface area (Å²) in [7, 11) is 0. The van der Waals surface area contributed by atoms with Crippen LogP contribution in [-0.2, 0) is 14.4 Å². The molecule has 0 bridgehead atoms. The molecule has 0 aromatic carbocycles. The number of hydrogen-bond donors (Lipinski definition) is 1. The second-order valence-electron chi connectivity index (χ2n) is 4.58. The number of carbonyl (C=O) groups is 3. The van der Waals surface area contributed by atoms with Gasteiger partial charge in [-0.1, -0.05) is 12.2 Å². The van der Waals surface area contributed by atoms with Crippen molar-refractivity contribution in [3.05, 3.63) is 12.2 Å². The third kappa shape index (κ3) is 2.54. The van der Waals surface area contributed by atoms with E-state index in [1.165, 1.54) is 4.90 Å². The minimum Gasteiger partial charge on any atom is -0.322 e. The molecule has 1 saturated heterocycles. The lowest BCUT2D eigenvalue weighted by Crippen LogP contribution is -2.58. The topological polar surface area (TPSA) is 66.5 Å². The zero-order valence-corrected chi connectivity index (χ0v) is 9.81. The Balaban J connectivity index is 1.99. The van der Waals surface area contributed by atoms with Gasteiger partial charge in [0, 0.05) is 6.42 Å². The minimum absolute atomic E-state index is 0.0117. The average Bonchev–Trinajstić information content (AvgIpc) is 2.76. The summed E-state index contributed by atoms with van der Waals surface area (Å²) in [5.74, 6) is -0.646. The maximum absolute atomic E-state index is 12.0. The van der Waals surface area contributed by atoms with Gasteiger partial charge < -0.3 is 4.90 Å². The molecule has 92 valence electrons. The number of hydrogen-bond acceptors (Lipinski definition) is 3. The molecule has 1 aliphatic carbocycles. The summed E-state index contributed by atoms with van der Waals surface area (Å²) in [6.07, 6.45) is 6.48. The van der Waals surface area contributed by atoms with Crippen molar-refractivity contribution in [3.8, 4) is 0 Å². The number of allylic oxidation sites excluding steroid dienone is 2. The molecular weight excluding hydrogens is 220 g/mol. The lowest BCUT2D eigenvalue weighted by Gasteiger charge is -2.32. The summed E-state index contributed by atoms with van der Waals surface area (Å²) in [5.41, 5.74) is 0. The molecule has 5 heteroatoms. The zero-order chi connectivity index (χ0) is 12.4. The van der Waals surface area contributed by atoms with Gasteiger partial charge in [-0.25, -0.2) is 0 Å². The molecule has 2 rings (SSSR count). The summed E-state index contributed by atoms with van der Waals surface area (Å²) in [6.45, 7) is 1.63. The van der Waals surface area contributed by atoms with Gasteiger partial charge in [0.1, 0.15) is 12.6 Å². The van der Waals surface area contributed by atoms with E-state index in [-0.39, 0.29) is 18.4 Å². The average molecular weight is 236 g/mol. The highest BCUT2D eigenvalue weighted by atomic mass is 16.2. The van der Waals surface area contributed by atoms with Crippen LogP contribution >= 0.6 is 0 Å². The van der Waals surface area contributed by atoms with Gasteiger partial charge in [0.25, 0.3) is 0 Å². The lowest BCUT2D eigenvalue weighted by molar-refractivity contribution is -0.149. The van der Waals surface area contributed by atoms with Crippen LogP contribution in [0.3, 0.4) is 0 Å². The van der Waals surface area contributed by atoms with Gasteiger partial charge in [-0.2, -0.15) is 0 Å². The molecule has 0 spiro atoms. The molecule has 1 fully saturated rings. The molecule has 5 nitrogen and oxygen atoms in total. The molecule has 1 aliphatic heterocycles. The van der Waals surface area contributed by atoms with Crippen molar-refractivity contribution in [2.45, 2.75) is 32.2 Å². The van der Waals surface area contributed by atoms with Crippen molar-refractivity contribution in [2.75, 3.05) is 6.54 Å². The number of amides is 3. The Morgan fingerprint density at radius 1 is 1.53 bits per heavy atom. The molecule has 2 aliphatic rings. The van der Waals surface area contributed by atoms with Crippen LogP contribution in [0.4, 0.5) is 0 Å². The van der Waals surface area contributed by atoms with E-state index >= 15 is 0 Å². The molecule has 0 aromatic heterocycles. The van der Waals surface area contributed by atoms with E-state index in [1.807, 2.05) is 6.08 Å². The first-order valence-corrected chi connectivity index (χ1v) is 5.87. The molecule has 1 N–H and O–H groups in total.